The molecule has 1 rings (SSSR count). The first-order chi connectivity index (χ1) is 5.96. The van der Waals surface area contributed by atoms with Crippen molar-refractivity contribution in [3.8, 4) is 0 Å². The molecule has 72 valence electrons. The summed E-state index contributed by atoms with van der Waals surface area (Å²) in [5, 5.41) is 8.91. The Morgan fingerprint density at radius 3 is 2.00 bits per heavy atom. The molecule has 0 atom stereocenters. The number of carbonyl (C=O) groups is 1. The molecular weight excluding hydrogens is 166 g/mol. The van der Waals surface area contributed by atoms with E-state index in [1.54, 1.807) is 0 Å². The van der Waals surface area contributed by atoms with Crippen molar-refractivity contribution in [2.45, 2.75) is 31.2 Å². The van der Waals surface area contributed by atoms with Crippen LogP contribution in [0.25, 0.3) is 0 Å². The van der Waals surface area contributed by atoms with Crippen molar-refractivity contribution in [3.05, 3.63) is 24.3 Å². The molecule has 3 nitrogen and oxygen atoms in total. The summed E-state index contributed by atoms with van der Waals surface area (Å²) < 4.78 is 0. The van der Waals surface area contributed by atoms with E-state index in [-0.39, 0.29) is 0 Å². The smallest absolute Gasteiger partial charge is 0.323 e. The number of nitrogens with two attached hydrogens (primary N) is 1. The molecule has 0 heterocycles. The van der Waals surface area contributed by atoms with Gasteiger partial charge in [0.15, 0.2) is 0 Å². The molecule has 0 aliphatic heterocycles. The van der Waals surface area contributed by atoms with Gasteiger partial charge in [-0.05, 0) is 25.7 Å². The summed E-state index contributed by atoms with van der Waals surface area (Å²) >= 11 is 0. The Balaban J connectivity index is 2.79. The molecule has 0 bridgehead atoms. The van der Waals surface area contributed by atoms with Crippen molar-refractivity contribution in [2.24, 2.45) is 5.73 Å². The molecular formula is C10H15NO2. The van der Waals surface area contributed by atoms with E-state index in [4.69, 9.17) is 10.8 Å². The van der Waals surface area contributed by atoms with Gasteiger partial charge in [0.05, 0.1) is 0 Å². The maximum atomic E-state index is 10.9. The van der Waals surface area contributed by atoms with Gasteiger partial charge in [-0.3, -0.25) is 4.79 Å². The summed E-state index contributed by atoms with van der Waals surface area (Å²) in [5.74, 6) is -0.921. The highest BCUT2D eigenvalue weighted by molar-refractivity contribution is 5.78. The third-order valence-corrected chi connectivity index (χ3v) is 2.67. The summed E-state index contributed by atoms with van der Waals surface area (Å²) in [6.45, 7) is 7.66. The monoisotopic (exact) mass is 181 g/mol. The SMILES string of the molecule is C=C1CCC(N)(C(=O)O)CCC1=C. The first kappa shape index (κ1) is 9.99. The van der Waals surface area contributed by atoms with E-state index < -0.39 is 11.5 Å². The van der Waals surface area contributed by atoms with Crippen molar-refractivity contribution >= 4 is 5.97 Å². The van der Waals surface area contributed by atoms with Crippen LogP contribution in [0.5, 0.6) is 0 Å². The number of allylic oxidation sites excluding steroid dienone is 2. The molecule has 1 aliphatic carbocycles. The molecule has 13 heavy (non-hydrogen) atoms. The maximum Gasteiger partial charge on any atom is 0.323 e. The molecule has 0 aromatic rings. The Hall–Kier alpha value is -1.09. The molecule has 3 N–H and O–H groups in total. The largest absolute Gasteiger partial charge is 0.480 e. The average molecular weight is 181 g/mol. The van der Waals surface area contributed by atoms with Crippen LogP contribution in [0.15, 0.2) is 24.3 Å². The molecule has 0 amide bonds. The second-order valence-electron chi connectivity index (χ2n) is 3.67. The summed E-state index contributed by atoms with van der Waals surface area (Å²) in [6, 6.07) is 0. The number of aliphatic carboxylic acids is 1. The second kappa shape index (κ2) is 3.34. The third kappa shape index (κ3) is 1.98. The Morgan fingerprint density at radius 1 is 1.31 bits per heavy atom. The van der Waals surface area contributed by atoms with E-state index in [9.17, 15) is 4.79 Å². The number of hydrogen-bond donors (Lipinski definition) is 2. The number of hydrogen-bond acceptors (Lipinski definition) is 2. The Bertz CT molecular complexity index is 250. The van der Waals surface area contributed by atoms with Gasteiger partial charge in [-0.15, -0.1) is 0 Å². The second-order valence-corrected chi connectivity index (χ2v) is 3.67. The van der Waals surface area contributed by atoms with E-state index >= 15 is 0 Å². The molecule has 0 radical (unpaired) electrons. The van der Waals surface area contributed by atoms with Crippen LogP contribution in [0.1, 0.15) is 25.7 Å². The minimum Gasteiger partial charge on any atom is -0.480 e. The zero-order valence-corrected chi connectivity index (χ0v) is 7.68. The lowest BCUT2D eigenvalue weighted by molar-refractivity contribution is -0.143. The van der Waals surface area contributed by atoms with Crippen molar-refractivity contribution in [2.75, 3.05) is 0 Å². The van der Waals surface area contributed by atoms with Gasteiger partial charge in [0.25, 0.3) is 0 Å². The van der Waals surface area contributed by atoms with Gasteiger partial charge in [0.1, 0.15) is 5.54 Å². The van der Waals surface area contributed by atoms with Gasteiger partial charge < -0.3 is 10.8 Å². The van der Waals surface area contributed by atoms with Crippen LogP contribution in [0.3, 0.4) is 0 Å². The van der Waals surface area contributed by atoms with Gasteiger partial charge in [-0.2, -0.15) is 0 Å². The normalized spacial score (nSPS) is 22.5. The predicted octanol–water partition coefficient (Wildman–Crippen LogP) is 1.45. The van der Waals surface area contributed by atoms with Crippen LogP contribution in [0, 0.1) is 0 Å². The maximum absolute atomic E-state index is 10.9. The van der Waals surface area contributed by atoms with E-state index in [1.807, 2.05) is 0 Å². The van der Waals surface area contributed by atoms with Gasteiger partial charge in [-0.1, -0.05) is 24.3 Å². The average Bonchev–Trinajstić information content (AvgIpc) is 2.20. The lowest BCUT2D eigenvalue weighted by atomic mass is 9.92. The summed E-state index contributed by atoms with van der Waals surface area (Å²) in [5.41, 5.74) is 6.54. The van der Waals surface area contributed by atoms with Gasteiger partial charge in [0, 0.05) is 0 Å². The Kier molecular flexibility index (Phi) is 2.57. The molecule has 3 heteroatoms. The van der Waals surface area contributed by atoms with Gasteiger partial charge in [-0.25, -0.2) is 0 Å². The van der Waals surface area contributed by atoms with Crippen LogP contribution < -0.4 is 5.73 Å². The van der Waals surface area contributed by atoms with Crippen LogP contribution in [-0.4, -0.2) is 16.6 Å². The molecule has 0 spiro atoms. The molecule has 1 fully saturated rings. The van der Waals surface area contributed by atoms with E-state index in [0.717, 1.165) is 11.1 Å². The third-order valence-electron chi connectivity index (χ3n) is 2.67. The quantitative estimate of drug-likeness (QED) is 0.602. The topological polar surface area (TPSA) is 63.3 Å². The minimum absolute atomic E-state index is 0.459. The summed E-state index contributed by atoms with van der Waals surface area (Å²) in [7, 11) is 0. The molecule has 0 aromatic heterocycles. The molecule has 0 unspecified atom stereocenters. The summed E-state index contributed by atoms with van der Waals surface area (Å²) in [4.78, 5) is 10.9. The standard InChI is InChI=1S/C10H15NO2/c1-7-3-5-10(11,9(12)13)6-4-8(7)2/h1-6,11H2,(H,12,13). The highest BCUT2D eigenvalue weighted by atomic mass is 16.4. The molecule has 1 aliphatic rings. The first-order valence-electron chi connectivity index (χ1n) is 4.34. The number of carboxylic acids is 1. The van der Waals surface area contributed by atoms with Gasteiger partial charge in [0.2, 0.25) is 0 Å². The van der Waals surface area contributed by atoms with Crippen LogP contribution in [0.4, 0.5) is 0 Å². The van der Waals surface area contributed by atoms with Crippen molar-refractivity contribution in [1.29, 1.82) is 0 Å². The Labute approximate surface area is 77.9 Å². The zero-order valence-electron chi connectivity index (χ0n) is 7.68. The fraction of sp³-hybridized carbons (Fsp3) is 0.500. The minimum atomic E-state index is -1.08. The number of rotatable bonds is 1. The Morgan fingerprint density at radius 2 is 1.69 bits per heavy atom. The lowest BCUT2D eigenvalue weighted by Gasteiger charge is -2.21. The number of carboxylic acid groups (broad SMARTS) is 1. The van der Waals surface area contributed by atoms with E-state index in [0.29, 0.717) is 25.7 Å². The van der Waals surface area contributed by atoms with E-state index in [1.165, 1.54) is 0 Å². The molecule has 0 aromatic carbocycles. The predicted molar refractivity (Wildman–Crippen MR) is 51.3 cm³/mol. The van der Waals surface area contributed by atoms with Crippen molar-refractivity contribution in [1.82, 2.24) is 0 Å². The van der Waals surface area contributed by atoms with Gasteiger partial charge >= 0.3 is 5.97 Å². The molecule has 1 saturated carbocycles. The fourth-order valence-corrected chi connectivity index (χ4v) is 1.44. The highest BCUT2D eigenvalue weighted by Gasteiger charge is 2.35. The summed E-state index contributed by atoms with van der Waals surface area (Å²) in [6.07, 6.45) is 2.20. The van der Waals surface area contributed by atoms with Crippen LogP contribution >= 0.6 is 0 Å². The van der Waals surface area contributed by atoms with Crippen molar-refractivity contribution < 1.29 is 9.90 Å². The zero-order chi connectivity index (χ0) is 10.1. The lowest BCUT2D eigenvalue weighted by Crippen LogP contribution is -2.47. The highest BCUT2D eigenvalue weighted by Crippen LogP contribution is 2.30. The first-order valence-corrected chi connectivity index (χ1v) is 4.34. The van der Waals surface area contributed by atoms with Crippen LogP contribution in [0.2, 0.25) is 0 Å². The van der Waals surface area contributed by atoms with E-state index in [2.05, 4.69) is 13.2 Å². The molecule has 0 saturated heterocycles. The fourth-order valence-electron chi connectivity index (χ4n) is 1.44. The van der Waals surface area contributed by atoms with Crippen LogP contribution in [-0.2, 0) is 4.79 Å². The van der Waals surface area contributed by atoms with Crippen molar-refractivity contribution in [3.63, 3.8) is 0 Å².